The van der Waals surface area contributed by atoms with Crippen LogP contribution in [0.3, 0.4) is 0 Å². The summed E-state index contributed by atoms with van der Waals surface area (Å²) >= 11 is 5.93. The molecular weight excluding hydrogens is 278 g/mol. The van der Waals surface area contributed by atoms with Gasteiger partial charge in [0.15, 0.2) is 6.10 Å². The zero-order valence-corrected chi connectivity index (χ0v) is 11.5. The number of hydrogen-bond acceptors (Lipinski definition) is 4. The minimum Gasteiger partial charge on any atom is -0.481 e. The van der Waals surface area contributed by atoms with Gasteiger partial charge in [-0.05, 0) is 37.1 Å². The molecule has 1 aromatic carbocycles. The normalized spacial score (nSPS) is 11.8. The highest BCUT2D eigenvalue weighted by molar-refractivity contribution is 6.30. The first-order valence-corrected chi connectivity index (χ1v) is 6.63. The maximum atomic E-state index is 9.09. The van der Waals surface area contributed by atoms with Gasteiger partial charge in [0.25, 0.3) is 0 Å². The number of aliphatic hydroxyl groups is 1. The van der Waals surface area contributed by atoms with E-state index in [-0.39, 0.29) is 12.7 Å². The summed E-state index contributed by atoms with van der Waals surface area (Å²) in [6.45, 7) is 0.0707. The molecule has 1 N–H and O–H groups in total. The highest BCUT2D eigenvalue weighted by Crippen LogP contribution is 2.30. The lowest BCUT2D eigenvalue weighted by Crippen LogP contribution is -2.08. The van der Waals surface area contributed by atoms with Gasteiger partial charge in [-0.2, -0.15) is 5.26 Å². The SMILES string of the molecule is N#Cc1ccc(Cl)cc1OC(CCCO)c1ccco1. The van der Waals surface area contributed by atoms with E-state index < -0.39 is 0 Å². The van der Waals surface area contributed by atoms with Gasteiger partial charge in [-0.3, -0.25) is 0 Å². The lowest BCUT2D eigenvalue weighted by molar-refractivity contribution is 0.151. The third-order valence-corrected chi connectivity index (χ3v) is 3.05. The van der Waals surface area contributed by atoms with E-state index >= 15 is 0 Å². The summed E-state index contributed by atoms with van der Waals surface area (Å²) in [5.41, 5.74) is 0.412. The lowest BCUT2D eigenvalue weighted by atomic mass is 10.1. The Hall–Kier alpha value is -1.96. The molecule has 2 rings (SSSR count). The second-order valence-corrected chi connectivity index (χ2v) is 4.68. The van der Waals surface area contributed by atoms with E-state index in [1.165, 1.54) is 0 Å². The fraction of sp³-hybridized carbons (Fsp3) is 0.267. The van der Waals surface area contributed by atoms with Crippen LogP contribution in [0.15, 0.2) is 41.0 Å². The van der Waals surface area contributed by atoms with Crippen LogP contribution in [0.1, 0.15) is 30.3 Å². The first kappa shape index (κ1) is 14.4. The van der Waals surface area contributed by atoms with Crippen LogP contribution < -0.4 is 4.74 Å². The third kappa shape index (κ3) is 3.53. The van der Waals surface area contributed by atoms with Crippen LogP contribution in [0.5, 0.6) is 5.75 Å². The zero-order valence-electron chi connectivity index (χ0n) is 10.8. The van der Waals surface area contributed by atoms with Gasteiger partial charge < -0.3 is 14.3 Å². The molecule has 0 spiro atoms. The van der Waals surface area contributed by atoms with Crippen molar-refractivity contribution in [3.8, 4) is 11.8 Å². The summed E-state index contributed by atoms with van der Waals surface area (Å²) in [6, 6.07) is 10.5. The Morgan fingerprint density at radius 2 is 2.25 bits per heavy atom. The topological polar surface area (TPSA) is 66.4 Å². The van der Waals surface area contributed by atoms with E-state index in [2.05, 4.69) is 6.07 Å². The summed E-state index contributed by atoms with van der Waals surface area (Å²) in [6.07, 6.45) is 2.37. The molecule has 0 aliphatic carbocycles. The fourth-order valence-corrected chi connectivity index (χ4v) is 2.01. The first-order chi connectivity index (χ1) is 9.74. The van der Waals surface area contributed by atoms with Crippen molar-refractivity contribution in [2.24, 2.45) is 0 Å². The Balaban J connectivity index is 2.24. The Kier molecular flexibility index (Phi) is 5.05. The average molecular weight is 292 g/mol. The smallest absolute Gasteiger partial charge is 0.156 e. The molecule has 1 heterocycles. The predicted molar refractivity (Wildman–Crippen MR) is 74.6 cm³/mol. The van der Waals surface area contributed by atoms with Crippen molar-refractivity contribution in [2.45, 2.75) is 18.9 Å². The third-order valence-electron chi connectivity index (χ3n) is 2.82. The van der Waals surface area contributed by atoms with Crippen LogP contribution in [0, 0.1) is 11.3 Å². The van der Waals surface area contributed by atoms with Crippen LogP contribution in [-0.2, 0) is 0 Å². The Morgan fingerprint density at radius 3 is 2.90 bits per heavy atom. The highest BCUT2D eigenvalue weighted by Gasteiger charge is 2.18. The molecule has 0 radical (unpaired) electrons. The van der Waals surface area contributed by atoms with Crippen LogP contribution in [0.2, 0.25) is 5.02 Å². The van der Waals surface area contributed by atoms with Crippen molar-refractivity contribution in [3.63, 3.8) is 0 Å². The molecule has 1 unspecified atom stereocenters. The Labute approximate surface area is 122 Å². The van der Waals surface area contributed by atoms with Crippen molar-refractivity contribution >= 4 is 11.6 Å². The molecule has 0 fully saturated rings. The number of rotatable bonds is 6. The summed E-state index contributed by atoms with van der Waals surface area (Å²) in [5, 5.41) is 18.6. The van der Waals surface area contributed by atoms with E-state index in [0.717, 1.165) is 0 Å². The molecule has 1 aromatic heterocycles. The average Bonchev–Trinajstić information content (AvgIpc) is 2.97. The van der Waals surface area contributed by atoms with E-state index in [1.807, 2.05) is 0 Å². The molecule has 0 bridgehead atoms. The molecule has 0 aliphatic heterocycles. The molecule has 5 heteroatoms. The van der Waals surface area contributed by atoms with Crippen molar-refractivity contribution in [1.29, 1.82) is 5.26 Å². The number of nitriles is 1. The maximum absolute atomic E-state index is 9.09. The van der Waals surface area contributed by atoms with E-state index in [1.54, 1.807) is 36.6 Å². The number of hydrogen-bond donors (Lipinski definition) is 1. The number of benzene rings is 1. The molecule has 0 aliphatic rings. The van der Waals surface area contributed by atoms with E-state index in [4.69, 9.17) is 31.1 Å². The molecular formula is C15H14ClNO3. The fourth-order valence-electron chi connectivity index (χ4n) is 1.85. The van der Waals surface area contributed by atoms with Crippen LogP contribution >= 0.6 is 11.6 Å². The highest BCUT2D eigenvalue weighted by atomic mass is 35.5. The van der Waals surface area contributed by atoms with Gasteiger partial charge in [-0.25, -0.2) is 0 Å². The van der Waals surface area contributed by atoms with Crippen LogP contribution in [0.4, 0.5) is 0 Å². The lowest BCUT2D eigenvalue weighted by Gasteiger charge is -2.17. The Morgan fingerprint density at radius 1 is 1.40 bits per heavy atom. The minimum atomic E-state index is -0.359. The molecule has 104 valence electrons. The zero-order chi connectivity index (χ0) is 14.4. The minimum absolute atomic E-state index is 0.0707. The summed E-state index contributed by atoms with van der Waals surface area (Å²) in [7, 11) is 0. The second kappa shape index (κ2) is 6.99. The first-order valence-electron chi connectivity index (χ1n) is 6.25. The summed E-state index contributed by atoms with van der Waals surface area (Å²) < 4.78 is 11.2. The maximum Gasteiger partial charge on any atom is 0.156 e. The summed E-state index contributed by atoms with van der Waals surface area (Å²) in [5.74, 6) is 1.07. The van der Waals surface area contributed by atoms with Gasteiger partial charge in [0.1, 0.15) is 17.6 Å². The van der Waals surface area contributed by atoms with Crippen LogP contribution in [0.25, 0.3) is 0 Å². The number of ether oxygens (including phenoxy) is 1. The van der Waals surface area contributed by atoms with Gasteiger partial charge in [-0.15, -0.1) is 0 Å². The largest absolute Gasteiger partial charge is 0.481 e. The predicted octanol–water partition coefficient (Wildman–Crippen LogP) is 3.70. The molecule has 0 saturated heterocycles. The molecule has 4 nitrogen and oxygen atoms in total. The van der Waals surface area contributed by atoms with Crippen molar-refractivity contribution in [2.75, 3.05) is 6.61 Å². The van der Waals surface area contributed by atoms with Gasteiger partial charge in [0.05, 0.1) is 11.8 Å². The molecule has 2 aromatic rings. The van der Waals surface area contributed by atoms with Gasteiger partial charge in [-0.1, -0.05) is 11.6 Å². The van der Waals surface area contributed by atoms with E-state index in [9.17, 15) is 0 Å². The molecule has 1 atom stereocenters. The summed E-state index contributed by atoms with van der Waals surface area (Å²) in [4.78, 5) is 0. The van der Waals surface area contributed by atoms with Gasteiger partial charge in [0, 0.05) is 17.7 Å². The van der Waals surface area contributed by atoms with Crippen molar-refractivity contribution in [3.05, 3.63) is 52.9 Å². The standard InChI is InChI=1S/C15H14ClNO3/c16-12-6-5-11(10-17)15(9-12)20-14(3-1-7-18)13-4-2-8-19-13/h2,4-6,8-9,14,18H,1,3,7H2. The number of aliphatic hydroxyl groups excluding tert-OH is 1. The van der Waals surface area contributed by atoms with E-state index in [0.29, 0.717) is 34.9 Å². The second-order valence-electron chi connectivity index (χ2n) is 4.24. The van der Waals surface area contributed by atoms with Crippen LogP contribution in [-0.4, -0.2) is 11.7 Å². The van der Waals surface area contributed by atoms with Crippen molar-refractivity contribution in [1.82, 2.24) is 0 Å². The number of furan rings is 1. The van der Waals surface area contributed by atoms with Gasteiger partial charge >= 0.3 is 0 Å². The number of halogens is 1. The van der Waals surface area contributed by atoms with Crippen molar-refractivity contribution < 1.29 is 14.3 Å². The Bertz CT molecular complexity index is 590. The monoisotopic (exact) mass is 291 g/mol. The molecule has 0 amide bonds. The number of nitrogens with zero attached hydrogens (tertiary/aromatic N) is 1. The molecule has 0 saturated carbocycles. The molecule has 20 heavy (non-hydrogen) atoms. The quantitative estimate of drug-likeness (QED) is 0.881. The van der Waals surface area contributed by atoms with Gasteiger partial charge in [0.2, 0.25) is 0 Å².